The number of fused-ring (bicyclic) bond motifs is 5. The minimum Gasteiger partial charge on any atom is -0.497 e. The van der Waals surface area contributed by atoms with E-state index < -0.39 is 35.7 Å². The summed E-state index contributed by atoms with van der Waals surface area (Å²) in [7, 11) is 1.61. The van der Waals surface area contributed by atoms with Crippen LogP contribution in [0.3, 0.4) is 0 Å². The van der Waals surface area contributed by atoms with Gasteiger partial charge in [-0.2, -0.15) is 0 Å². The lowest BCUT2D eigenvalue weighted by atomic mass is 9.85. The fourth-order valence-corrected chi connectivity index (χ4v) is 7.99. The highest BCUT2D eigenvalue weighted by Gasteiger charge is 2.52. The molecule has 2 aliphatic heterocycles. The first-order chi connectivity index (χ1) is 23.7. The van der Waals surface area contributed by atoms with Crippen LogP contribution in [0.4, 0.5) is 4.79 Å². The highest BCUT2D eigenvalue weighted by Crippen LogP contribution is 2.42. The van der Waals surface area contributed by atoms with Gasteiger partial charge >= 0.3 is 12.1 Å². The zero-order chi connectivity index (χ0) is 36.3. The lowest BCUT2D eigenvalue weighted by Gasteiger charge is -2.35. The Labute approximate surface area is 297 Å². The number of benzene rings is 1. The van der Waals surface area contributed by atoms with Crippen molar-refractivity contribution in [1.29, 1.82) is 0 Å². The molecule has 276 valence electrons. The van der Waals surface area contributed by atoms with Crippen LogP contribution in [0.25, 0.3) is 11.0 Å². The predicted molar refractivity (Wildman–Crippen MR) is 191 cm³/mol. The number of nitrogens with one attached hydrogen (secondary N) is 1. The molecule has 3 aliphatic rings. The molecule has 2 aromatic rings. The second-order valence-electron chi connectivity index (χ2n) is 16.2. The molecule has 11 heteroatoms. The van der Waals surface area contributed by atoms with Gasteiger partial charge in [-0.3, -0.25) is 4.79 Å². The minimum absolute atomic E-state index is 0.121. The Bertz CT molecular complexity index is 1520. The third-order valence-electron chi connectivity index (χ3n) is 11.1. The average molecular weight is 695 g/mol. The fraction of sp³-hybridized carbons (Fsp3) is 0.718. The minimum atomic E-state index is -0.955. The summed E-state index contributed by atoms with van der Waals surface area (Å²) >= 11 is 0. The molecule has 3 heterocycles. The standard InChI is InChI=1S/C39H58N4O7/c1-10-26-32-20-43(33(26)37(45)48-21-22(2)3)36(44)34(39(6,7)8)42-38(46)50-31-18-23(4)24(5)27(31)14-12-11-13-15-29-35(49-32)41-30-19-25(47-9)16-17-28(30)40-29/h16-17,19,22-24,26-27,31-34H,10-15,18,20-21H2,1-9H3,(H,42,46)/t23-,24-,26+,27+,31+,32-,33-,34+/m0/s1. The summed E-state index contributed by atoms with van der Waals surface area (Å²) in [5, 5.41) is 2.95. The first kappa shape index (κ1) is 37.6. The van der Waals surface area contributed by atoms with Crippen molar-refractivity contribution >= 4 is 29.0 Å². The lowest BCUT2D eigenvalue weighted by molar-refractivity contribution is -0.157. The Hall–Kier alpha value is -3.63. The summed E-state index contributed by atoms with van der Waals surface area (Å²) in [6, 6.07) is 3.76. The SMILES string of the molecule is CC[C@@H]1[C@@H]2CN(C(=O)[C@H](C(C)(C)C)NC(=O)O[C@@H]3C[C@H](C)[C@H](C)[C@H]3CCCCCc3nc4ccc(OC)cc4nc3O2)[C@@H]1C(=O)OCC(C)C. The van der Waals surface area contributed by atoms with E-state index in [4.69, 9.17) is 28.9 Å². The first-order valence-electron chi connectivity index (χ1n) is 18.7. The van der Waals surface area contributed by atoms with Gasteiger partial charge < -0.3 is 29.2 Å². The normalized spacial score (nSPS) is 29.7. The van der Waals surface area contributed by atoms with E-state index in [1.54, 1.807) is 12.0 Å². The van der Waals surface area contributed by atoms with E-state index in [1.807, 2.05) is 59.7 Å². The van der Waals surface area contributed by atoms with Gasteiger partial charge in [-0.15, -0.1) is 0 Å². The number of aromatic nitrogens is 2. The Kier molecular flexibility index (Phi) is 11.8. The van der Waals surface area contributed by atoms with E-state index in [1.165, 1.54) is 0 Å². The van der Waals surface area contributed by atoms with E-state index in [9.17, 15) is 14.4 Å². The van der Waals surface area contributed by atoms with Crippen LogP contribution in [0, 0.1) is 35.0 Å². The number of nitrogens with zero attached hydrogens (tertiary/aromatic N) is 3. The van der Waals surface area contributed by atoms with E-state index in [2.05, 4.69) is 19.2 Å². The number of hydrogen-bond acceptors (Lipinski definition) is 9. The van der Waals surface area contributed by atoms with Crippen LogP contribution >= 0.6 is 0 Å². The first-order valence-corrected chi connectivity index (χ1v) is 18.7. The molecule has 1 saturated heterocycles. The number of methoxy groups -OCH3 is 1. The van der Waals surface area contributed by atoms with Gasteiger partial charge in [-0.25, -0.2) is 19.6 Å². The number of carbonyl (C=O) groups excluding carboxylic acids is 3. The Morgan fingerprint density at radius 3 is 2.50 bits per heavy atom. The number of aryl methyl sites for hydroxylation is 1. The summed E-state index contributed by atoms with van der Waals surface area (Å²) in [5.74, 6) is 1.03. The van der Waals surface area contributed by atoms with Crippen LogP contribution in [-0.4, -0.2) is 77.4 Å². The monoisotopic (exact) mass is 694 g/mol. The highest BCUT2D eigenvalue weighted by atomic mass is 16.6. The van der Waals surface area contributed by atoms with Gasteiger partial charge in [0.05, 0.1) is 31.3 Å². The van der Waals surface area contributed by atoms with Crippen LogP contribution in [0.2, 0.25) is 0 Å². The Morgan fingerprint density at radius 1 is 1.06 bits per heavy atom. The van der Waals surface area contributed by atoms with Gasteiger partial charge in [0.1, 0.15) is 35.7 Å². The lowest BCUT2D eigenvalue weighted by Crippen LogP contribution is -2.57. The molecule has 8 atom stereocenters. The zero-order valence-corrected chi connectivity index (χ0v) is 31.5. The van der Waals surface area contributed by atoms with Crippen LogP contribution in [0.15, 0.2) is 18.2 Å². The zero-order valence-electron chi connectivity index (χ0n) is 31.5. The largest absolute Gasteiger partial charge is 0.497 e. The van der Waals surface area contributed by atoms with Crippen molar-refractivity contribution in [2.75, 3.05) is 20.3 Å². The van der Waals surface area contributed by atoms with Gasteiger partial charge in [0.2, 0.25) is 11.8 Å². The molecule has 1 aromatic carbocycles. The summed E-state index contributed by atoms with van der Waals surface area (Å²) < 4.78 is 24.2. The molecule has 0 unspecified atom stereocenters. The predicted octanol–water partition coefficient (Wildman–Crippen LogP) is 6.74. The molecular formula is C39H58N4O7. The molecule has 11 nitrogen and oxygen atoms in total. The molecule has 5 rings (SSSR count). The second kappa shape index (κ2) is 15.7. The summed E-state index contributed by atoms with van der Waals surface area (Å²) in [5.41, 5.74) is 1.46. The van der Waals surface area contributed by atoms with E-state index >= 15 is 0 Å². The molecule has 0 spiro atoms. The second-order valence-corrected chi connectivity index (χ2v) is 16.2. The average Bonchev–Trinajstić information content (AvgIpc) is 3.56. The number of alkyl carbamates (subject to hydrolysis) is 1. The number of esters is 1. The third-order valence-corrected chi connectivity index (χ3v) is 11.1. The number of amides is 2. The van der Waals surface area contributed by atoms with E-state index in [0.29, 0.717) is 41.8 Å². The Balaban J connectivity index is 1.57. The smallest absolute Gasteiger partial charge is 0.408 e. The van der Waals surface area contributed by atoms with Crippen LogP contribution in [0.1, 0.15) is 99.6 Å². The molecule has 1 aliphatic carbocycles. The summed E-state index contributed by atoms with van der Waals surface area (Å²) in [6.45, 7) is 16.5. The fourth-order valence-electron chi connectivity index (χ4n) is 7.99. The number of ether oxygens (including phenoxy) is 4. The highest BCUT2D eigenvalue weighted by molar-refractivity contribution is 5.91. The van der Waals surface area contributed by atoms with E-state index in [0.717, 1.165) is 43.3 Å². The van der Waals surface area contributed by atoms with Crippen LogP contribution < -0.4 is 14.8 Å². The summed E-state index contributed by atoms with van der Waals surface area (Å²) in [4.78, 5) is 53.7. The maximum absolute atomic E-state index is 14.7. The summed E-state index contributed by atoms with van der Waals surface area (Å²) in [6.07, 6.45) is 4.44. The van der Waals surface area contributed by atoms with Crippen LogP contribution in [0.5, 0.6) is 11.6 Å². The van der Waals surface area contributed by atoms with E-state index in [-0.39, 0.29) is 42.9 Å². The van der Waals surface area contributed by atoms with Crippen molar-refractivity contribution in [2.24, 2.45) is 35.0 Å². The van der Waals surface area contributed by atoms with Crippen molar-refractivity contribution in [3.05, 3.63) is 23.9 Å². The molecule has 2 fully saturated rings. The van der Waals surface area contributed by atoms with Crippen molar-refractivity contribution in [1.82, 2.24) is 20.2 Å². The van der Waals surface area contributed by atoms with Gasteiger partial charge in [0.15, 0.2) is 0 Å². The molecule has 50 heavy (non-hydrogen) atoms. The number of carbonyl (C=O) groups is 3. The third kappa shape index (κ3) is 8.28. The molecule has 1 aromatic heterocycles. The van der Waals surface area contributed by atoms with Gasteiger partial charge in [-0.05, 0) is 73.3 Å². The topological polar surface area (TPSA) is 129 Å². The van der Waals surface area contributed by atoms with Gasteiger partial charge in [0.25, 0.3) is 0 Å². The number of rotatable bonds is 5. The van der Waals surface area contributed by atoms with Crippen molar-refractivity contribution in [2.45, 2.75) is 125 Å². The Morgan fingerprint density at radius 2 is 1.82 bits per heavy atom. The quantitative estimate of drug-likeness (QED) is 0.339. The molecular weight excluding hydrogens is 636 g/mol. The molecule has 2 amide bonds. The maximum atomic E-state index is 14.7. The molecule has 0 radical (unpaired) electrons. The van der Waals surface area contributed by atoms with Gasteiger partial charge in [0, 0.05) is 12.0 Å². The van der Waals surface area contributed by atoms with Crippen molar-refractivity contribution in [3.63, 3.8) is 0 Å². The van der Waals surface area contributed by atoms with Gasteiger partial charge in [-0.1, -0.05) is 68.2 Å². The number of hydrogen-bond donors (Lipinski definition) is 1. The maximum Gasteiger partial charge on any atom is 0.408 e. The molecule has 1 saturated carbocycles. The molecule has 1 N–H and O–H groups in total. The van der Waals surface area contributed by atoms with Crippen molar-refractivity contribution < 1.29 is 33.3 Å². The van der Waals surface area contributed by atoms with Crippen molar-refractivity contribution in [3.8, 4) is 11.6 Å². The molecule has 2 bridgehead atoms. The van der Waals surface area contributed by atoms with Crippen LogP contribution in [-0.2, 0) is 25.5 Å².